The molecular formula is C12H21F3N2O2. The molecule has 3 N–H and O–H groups in total. The molecule has 2 atom stereocenters. The van der Waals surface area contributed by atoms with Gasteiger partial charge >= 0.3 is 12.1 Å². The third-order valence-electron chi connectivity index (χ3n) is 3.63. The minimum Gasteiger partial charge on any atom is -0.480 e. The summed E-state index contributed by atoms with van der Waals surface area (Å²) < 4.78 is 37.8. The zero-order valence-corrected chi connectivity index (χ0v) is 11.0. The third kappa shape index (κ3) is 4.99. The minimum absolute atomic E-state index is 0.0118. The predicted molar refractivity (Wildman–Crippen MR) is 64.7 cm³/mol. The second-order valence-corrected chi connectivity index (χ2v) is 5.51. The van der Waals surface area contributed by atoms with Crippen molar-refractivity contribution in [3.63, 3.8) is 0 Å². The topological polar surface area (TPSA) is 66.6 Å². The maximum absolute atomic E-state index is 12.6. The van der Waals surface area contributed by atoms with Crippen LogP contribution in [0, 0.1) is 5.92 Å². The average Bonchev–Trinajstić information content (AvgIpc) is 2.28. The molecule has 1 aliphatic rings. The van der Waals surface area contributed by atoms with Crippen molar-refractivity contribution in [1.82, 2.24) is 4.90 Å². The van der Waals surface area contributed by atoms with Gasteiger partial charge < -0.3 is 15.7 Å². The summed E-state index contributed by atoms with van der Waals surface area (Å²) in [6, 6.07) is 0. The summed E-state index contributed by atoms with van der Waals surface area (Å²) in [5, 5.41) is 8.84. The molecule has 0 aromatic carbocycles. The SMILES string of the molecule is CC(N)(CCCN1CCCC(C(F)(F)F)C1)C(=O)O. The Morgan fingerprint density at radius 3 is 2.63 bits per heavy atom. The van der Waals surface area contributed by atoms with E-state index in [1.54, 1.807) is 4.90 Å². The van der Waals surface area contributed by atoms with Crippen molar-refractivity contribution in [2.75, 3.05) is 19.6 Å². The van der Waals surface area contributed by atoms with E-state index < -0.39 is 23.6 Å². The number of nitrogens with two attached hydrogens (primary N) is 1. The molecule has 0 aromatic heterocycles. The standard InChI is InChI=1S/C12H21F3N2O2/c1-11(16,10(18)19)5-3-7-17-6-2-4-9(8-17)12(13,14)15/h9H,2-8,16H2,1H3,(H,18,19). The van der Waals surface area contributed by atoms with E-state index in [1.807, 2.05) is 0 Å². The largest absolute Gasteiger partial charge is 0.480 e. The monoisotopic (exact) mass is 282 g/mol. The molecule has 0 aromatic rings. The van der Waals surface area contributed by atoms with Crippen LogP contribution >= 0.6 is 0 Å². The van der Waals surface area contributed by atoms with Crippen LogP contribution in [0.5, 0.6) is 0 Å². The van der Waals surface area contributed by atoms with Gasteiger partial charge in [-0.25, -0.2) is 0 Å². The van der Waals surface area contributed by atoms with E-state index in [9.17, 15) is 18.0 Å². The van der Waals surface area contributed by atoms with Crippen LogP contribution in [0.1, 0.15) is 32.6 Å². The lowest BCUT2D eigenvalue weighted by atomic mass is 9.95. The van der Waals surface area contributed by atoms with E-state index in [1.165, 1.54) is 6.92 Å². The molecule has 0 bridgehead atoms. The quantitative estimate of drug-likeness (QED) is 0.807. The van der Waals surface area contributed by atoms with Gasteiger partial charge in [0.2, 0.25) is 0 Å². The Bertz CT molecular complexity index is 319. The second-order valence-electron chi connectivity index (χ2n) is 5.51. The number of hydrogen-bond donors (Lipinski definition) is 2. The lowest BCUT2D eigenvalue weighted by Crippen LogP contribution is -2.46. The van der Waals surface area contributed by atoms with Gasteiger partial charge in [0.1, 0.15) is 5.54 Å². The first kappa shape index (κ1) is 16.2. The van der Waals surface area contributed by atoms with Crippen LogP contribution in [-0.4, -0.2) is 47.3 Å². The second kappa shape index (κ2) is 6.09. The van der Waals surface area contributed by atoms with Crippen LogP contribution in [0.15, 0.2) is 0 Å². The number of alkyl halides is 3. The number of aliphatic carboxylic acids is 1. The number of piperidine rings is 1. The van der Waals surface area contributed by atoms with Crippen molar-refractivity contribution in [1.29, 1.82) is 0 Å². The van der Waals surface area contributed by atoms with Crippen LogP contribution in [0.25, 0.3) is 0 Å². The smallest absolute Gasteiger partial charge is 0.393 e. The molecule has 0 saturated carbocycles. The lowest BCUT2D eigenvalue weighted by molar-refractivity contribution is -0.186. The Kier molecular flexibility index (Phi) is 5.20. The Hall–Kier alpha value is -0.820. The first-order valence-corrected chi connectivity index (χ1v) is 6.44. The number of carboxylic acid groups (broad SMARTS) is 1. The highest BCUT2D eigenvalue weighted by molar-refractivity contribution is 5.77. The van der Waals surface area contributed by atoms with Gasteiger partial charge in [0, 0.05) is 6.54 Å². The molecule has 1 aliphatic heterocycles. The lowest BCUT2D eigenvalue weighted by Gasteiger charge is -2.34. The molecule has 7 heteroatoms. The number of hydrogen-bond acceptors (Lipinski definition) is 3. The number of rotatable bonds is 5. The summed E-state index contributed by atoms with van der Waals surface area (Å²) in [5.41, 5.74) is 4.27. The van der Waals surface area contributed by atoms with E-state index in [2.05, 4.69) is 0 Å². The van der Waals surface area contributed by atoms with Crippen LogP contribution in [0.4, 0.5) is 13.2 Å². The summed E-state index contributed by atoms with van der Waals surface area (Å²) in [7, 11) is 0. The van der Waals surface area contributed by atoms with Gasteiger partial charge in [-0.15, -0.1) is 0 Å². The highest BCUT2D eigenvalue weighted by Gasteiger charge is 2.41. The van der Waals surface area contributed by atoms with Crippen molar-refractivity contribution in [2.24, 2.45) is 11.7 Å². The number of likely N-dealkylation sites (tertiary alicyclic amines) is 1. The van der Waals surface area contributed by atoms with E-state index in [0.717, 1.165) is 0 Å². The molecule has 1 heterocycles. The molecule has 1 rings (SSSR count). The van der Waals surface area contributed by atoms with Crippen molar-refractivity contribution >= 4 is 5.97 Å². The highest BCUT2D eigenvalue weighted by Crippen LogP contribution is 2.33. The van der Waals surface area contributed by atoms with Crippen molar-refractivity contribution in [2.45, 2.75) is 44.3 Å². The molecule has 1 fully saturated rings. The minimum atomic E-state index is -4.14. The maximum atomic E-state index is 12.6. The molecule has 4 nitrogen and oxygen atoms in total. The van der Waals surface area contributed by atoms with Gasteiger partial charge in [-0.05, 0) is 45.7 Å². The third-order valence-corrected chi connectivity index (χ3v) is 3.63. The zero-order chi connectivity index (χ0) is 14.7. The van der Waals surface area contributed by atoms with Gasteiger partial charge in [0.25, 0.3) is 0 Å². The highest BCUT2D eigenvalue weighted by atomic mass is 19.4. The van der Waals surface area contributed by atoms with Crippen LogP contribution < -0.4 is 5.73 Å². The summed E-state index contributed by atoms with van der Waals surface area (Å²) in [6.07, 6.45) is -2.67. The molecule has 0 spiro atoms. The van der Waals surface area contributed by atoms with E-state index >= 15 is 0 Å². The predicted octanol–water partition coefficient (Wildman–Crippen LogP) is 1.84. The summed E-state index contributed by atoms with van der Waals surface area (Å²) >= 11 is 0. The number of carbonyl (C=O) groups is 1. The number of nitrogens with zero attached hydrogens (tertiary/aromatic N) is 1. The fourth-order valence-electron chi connectivity index (χ4n) is 2.30. The number of halogens is 3. The van der Waals surface area contributed by atoms with Crippen molar-refractivity contribution in [3.8, 4) is 0 Å². The van der Waals surface area contributed by atoms with Crippen molar-refractivity contribution < 1.29 is 23.1 Å². The molecular weight excluding hydrogens is 261 g/mol. The maximum Gasteiger partial charge on any atom is 0.393 e. The van der Waals surface area contributed by atoms with Crippen LogP contribution in [0.2, 0.25) is 0 Å². The zero-order valence-electron chi connectivity index (χ0n) is 11.0. The summed E-state index contributed by atoms with van der Waals surface area (Å²) in [5.74, 6) is -2.34. The average molecular weight is 282 g/mol. The molecule has 1 saturated heterocycles. The molecule has 112 valence electrons. The Morgan fingerprint density at radius 2 is 2.11 bits per heavy atom. The molecule has 0 radical (unpaired) electrons. The van der Waals surface area contributed by atoms with E-state index in [0.29, 0.717) is 25.9 Å². The van der Waals surface area contributed by atoms with Crippen molar-refractivity contribution in [3.05, 3.63) is 0 Å². The fraction of sp³-hybridized carbons (Fsp3) is 0.917. The van der Waals surface area contributed by atoms with E-state index in [4.69, 9.17) is 10.8 Å². The Balaban J connectivity index is 2.36. The van der Waals surface area contributed by atoms with Crippen LogP contribution in [-0.2, 0) is 4.79 Å². The van der Waals surface area contributed by atoms with Crippen LogP contribution in [0.3, 0.4) is 0 Å². The van der Waals surface area contributed by atoms with Gasteiger partial charge in [0.05, 0.1) is 5.92 Å². The molecule has 19 heavy (non-hydrogen) atoms. The van der Waals surface area contributed by atoms with Gasteiger partial charge in [-0.3, -0.25) is 4.79 Å². The van der Waals surface area contributed by atoms with Gasteiger partial charge in [0.15, 0.2) is 0 Å². The summed E-state index contributed by atoms with van der Waals surface area (Å²) in [6.45, 7) is 2.54. The van der Waals surface area contributed by atoms with E-state index in [-0.39, 0.29) is 19.4 Å². The molecule has 0 aliphatic carbocycles. The Morgan fingerprint density at radius 1 is 1.47 bits per heavy atom. The molecule has 0 amide bonds. The van der Waals surface area contributed by atoms with Gasteiger partial charge in [-0.2, -0.15) is 13.2 Å². The van der Waals surface area contributed by atoms with Gasteiger partial charge in [-0.1, -0.05) is 0 Å². The summed E-state index contributed by atoms with van der Waals surface area (Å²) in [4.78, 5) is 12.5. The molecule has 2 unspecified atom stereocenters. The number of carboxylic acids is 1. The fourth-order valence-corrected chi connectivity index (χ4v) is 2.30. The Labute approximate surface area is 110 Å². The first-order chi connectivity index (χ1) is 8.63. The first-order valence-electron chi connectivity index (χ1n) is 6.44. The normalized spacial score (nSPS) is 25.0.